The molecule has 0 bridgehead atoms. The highest BCUT2D eigenvalue weighted by molar-refractivity contribution is 6.37. The van der Waals surface area contributed by atoms with Gasteiger partial charge < -0.3 is 14.9 Å². The number of nitrogens with zero attached hydrogens (tertiary/aromatic N) is 1. The Bertz CT molecular complexity index is 1500. The molecule has 0 fully saturated rings. The van der Waals surface area contributed by atoms with E-state index in [0.29, 0.717) is 44.6 Å². The average molecular weight is 498 g/mol. The molecule has 2 N–H and O–H groups in total. The van der Waals surface area contributed by atoms with Crippen molar-refractivity contribution in [1.82, 2.24) is 14.9 Å². The molecule has 2 heterocycles. The van der Waals surface area contributed by atoms with Gasteiger partial charge in [0, 0.05) is 35.4 Å². The van der Waals surface area contributed by atoms with E-state index in [1.807, 2.05) is 44.4 Å². The van der Waals surface area contributed by atoms with Gasteiger partial charge in [-0.05, 0) is 81.1 Å². The van der Waals surface area contributed by atoms with Crippen LogP contribution in [0.15, 0.2) is 47.4 Å². The van der Waals surface area contributed by atoms with E-state index in [0.717, 1.165) is 23.4 Å². The molecule has 8 heteroatoms. The first-order valence-electron chi connectivity index (χ1n) is 11.3. The van der Waals surface area contributed by atoms with Gasteiger partial charge >= 0.3 is 0 Å². The minimum absolute atomic E-state index is 0.0531. The second-order valence-corrected chi connectivity index (χ2v) is 9.38. The molecule has 0 saturated heterocycles. The number of nitrogens with one attached hydrogen (secondary N) is 2. The Kier molecular flexibility index (Phi) is 6.81. The van der Waals surface area contributed by atoms with Crippen LogP contribution in [0.4, 0.5) is 8.78 Å². The zero-order chi connectivity index (χ0) is 25.4. The number of pyridine rings is 1. The van der Waals surface area contributed by atoms with Crippen LogP contribution in [0.5, 0.6) is 0 Å². The van der Waals surface area contributed by atoms with Gasteiger partial charge in [-0.2, -0.15) is 0 Å². The molecule has 0 unspecified atom stereocenters. The maximum atomic E-state index is 14.0. The number of hydrogen-bond donors (Lipinski definition) is 2. The number of rotatable bonds is 6. The maximum absolute atomic E-state index is 14.0. The van der Waals surface area contributed by atoms with E-state index in [2.05, 4.69) is 10.3 Å². The summed E-state index contributed by atoms with van der Waals surface area (Å²) in [5, 5.41) is 3.88. The SMILES string of the molecule is Cc1cc(C)c(CCNC(=O)c2cc(-c3ccc(F)c(F)c3)cc3c2c(Cl)cn3C(C)C)c(=O)[nH]1. The maximum Gasteiger partial charge on any atom is 0.252 e. The second kappa shape index (κ2) is 9.66. The summed E-state index contributed by atoms with van der Waals surface area (Å²) in [5.74, 6) is -2.28. The predicted molar refractivity (Wildman–Crippen MR) is 135 cm³/mol. The summed E-state index contributed by atoms with van der Waals surface area (Å²) in [6.07, 6.45) is 2.12. The molecule has 182 valence electrons. The molecule has 0 spiro atoms. The third-order valence-corrected chi connectivity index (χ3v) is 6.38. The summed E-state index contributed by atoms with van der Waals surface area (Å²) in [5.41, 5.74) is 4.11. The molecule has 0 aliphatic rings. The van der Waals surface area contributed by atoms with E-state index in [4.69, 9.17) is 11.6 Å². The third kappa shape index (κ3) is 4.86. The van der Waals surface area contributed by atoms with Crippen LogP contribution in [0.2, 0.25) is 5.02 Å². The van der Waals surface area contributed by atoms with E-state index in [1.165, 1.54) is 6.07 Å². The normalized spacial score (nSPS) is 11.4. The molecular formula is C27H26ClF2N3O2. The first kappa shape index (κ1) is 24.7. The van der Waals surface area contributed by atoms with Crippen molar-refractivity contribution in [3.05, 3.63) is 92.0 Å². The lowest BCUT2D eigenvalue weighted by Crippen LogP contribution is -2.28. The largest absolute Gasteiger partial charge is 0.352 e. The average Bonchev–Trinajstić information content (AvgIpc) is 3.13. The van der Waals surface area contributed by atoms with Gasteiger partial charge in [-0.25, -0.2) is 8.78 Å². The highest BCUT2D eigenvalue weighted by Gasteiger charge is 2.20. The van der Waals surface area contributed by atoms with Crippen LogP contribution in [0.3, 0.4) is 0 Å². The minimum atomic E-state index is -0.968. The summed E-state index contributed by atoms with van der Waals surface area (Å²) >= 11 is 6.55. The van der Waals surface area contributed by atoms with Crippen molar-refractivity contribution in [3.8, 4) is 11.1 Å². The third-order valence-electron chi connectivity index (χ3n) is 6.10. The lowest BCUT2D eigenvalue weighted by Gasteiger charge is -2.14. The Morgan fingerprint density at radius 2 is 1.83 bits per heavy atom. The zero-order valence-electron chi connectivity index (χ0n) is 19.9. The van der Waals surface area contributed by atoms with Gasteiger partial charge in [-0.1, -0.05) is 17.7 Å². The van der Waals surface area contributed by atoms with E-state index in [9.17, 15) is 18.4 Å². The van der Waals surface area contributed by atoms with Crippen LogP contribution in [-0.2, 0) is 6.42 Å². The summed E-state index contributed by atoms with van der Waals surface area (Å²) in [6.45, 7) is 7.90. The molecule has 0 aliphatic carbocycles. The highest BCUT2D eigenvalue weighted by Crippen LogP contribution is 2.35. The van der Waals surface area contributed by atoms with E-state index < -0.39 is 11.6 Å². The molecule has 1 amide bonds. The molecule has 4 aromatic rings. The van der Waals surface area contributed by atoms with Crippen LogP contribution in [0.25, 0.3) is 22.0 Å². The number of halogens is 3. The van der Waals surface area contributed by atoms with Crippen LogP contribution < -0.4 is 10.9 Å². The monoisotopic (exact) mass is 497 g/mol. The summed E-state index contributed by atoms with van der Waals surface area (Å²) in [7, 11) is 0. The molecule has 2 aromatic heterocycles. The van der Waals surface area contributed by atoms with Crippen molar-refractivity contribution in [2.24, 2.45) is 0 Å². The first-order chi connectivity index (χ1) is 16.6. The number of amides is 1. The van der Waals surface area contributed by atoms with Gasteiger partial charge in [-0.15, -0.1) is 0 Å². The number of H-pyrrole nitrogens is 1. The van der Waals surface area contributed by atoms with Gasteiger partial charge in [0.2, 0.25) is 0 Å². The van der Waals surface area contributed by atoms with E-state index in [1.54, 1.807) is 12.3 Å². The molecule has 4 rings (SSSR count). The number of hydrogen-bond acceptors (Lipinski definition) is 2. The van der Waals surface area contributed by atoms with Crippen molar-refractivity contribution in [1.29, 1.82) is 0 Å². The Labute approximate surface area is 206 Å². The van der Waals surface area contributed by atoms with Crippen molar-refractivity contribution in [2.45, 2.75) is 40.2 Å². The van der Waals surface area contributed by atoms with Crippen LogP contribution in [0.1, 0.15) is 47.1 Å². The topological polar surface area (TPSA) is 66.9 Å². The molecule has 0 saturated carbocycles. The fourth-order valence-corrected chi connectivity index (χ4v) is 4.68. The quantitative estimate of drug-likeness (QED) is 0.338. The van der Waals surface area contributed by atoms with Crippen molar-refractivity contribution in [2.75, 3.05) is 6.54 Å². The highest BCUT2D eigenvalue weighted by atomic mass is 35.5. The first-order valence-corrected chi connectivity index (χ1v) is 11.7. The number of fused-ring (bicyclic) bond motifs is 1. The molecule has 35 heavy (non-hydrogen) atoms. The lowest BCUT2D eigenvalue weighted by molar-refractivity contribution is 0.0955. The second-order valence-electron chi connectivity index (χ2n) is 8.97. The number of aromatic nitrogens is 2. The Hall–Kier alpha value is -3.45. The molecule has 0 aliphatic heterocycles. The number of carbonyl (C=O) groups excluding carboxylic acids is 1. The smallest absolute Gasteiger partial charge is 0.252 e. The molecule has 0 atom stereocenters. The van der Waals surface area contributed by atoms with Gasteiger partial charge in [0.05, 0.1) is 16.1 Å². The summed E-state index contributed by atoms with van der Waals surface area (Å²) < 4.78 is 29.4. The Morgan fingerprint density at radius 3 is 2.49 bits per heavy atom. The number of aryl methyl sites for hydroxylation is 2. The standard InChI is InChI=1S/C27H26ClF2N3O2/c1-14(2)33-13-21(28)25-20(10-18(12-24(25)33)17-5-6-22(29)23(30)11-17)26(34)31-8-7-19-15(3)9-16(4)32-27(19)35/h5-6,9-14H,7-8H2,1-4H3,(H,31,34)(H,32,35). The van der Waals surface area contributed by atoms with E-state index in [-0.39, 0.29) is 24.1 Å². The molecular weight excluding hydrogens is 472 g/mol. The van der Waals surface area contributed by atoms with Gasteiger partial charge in [-0.3, -0.25) is 9.59 Å². The van der Waals surface area contributed by atoms with Crippen molar-refractivity contribution in [3.63, 3.8) is 0 Å². The number of aromatic amines is 1. The Morgan fingerprint density at radius 1 is 1.09 bits per heavy atom. The lowest BCUT2D eigenvalue weighted by atomic mass is 9.99. The van der Waals surface area contributed by atoms with Crippen molar-refractivity contribution < 1.29 is 13.6 Å². The minimum Gasteiger partial charge on any atom is -0.352 e. The molecule has 0 radical (unpaired) electrons. The summed E-state index contributed by atoms with van der Waals surface area (Å²) in [4.78, 5) is 28.4. The number of carbonyl (C=O) groups is 1. The van der Waals surface area contributed by atoms with Gasteiger partial charge in [0.25, 0.3) is 11.5 Å². The zero-order valence-corrected chi connectivity index (χ0v) is 20.7. The predicted octanol–water partition coefficient (Wildman–Crippen LogP) is 6.10. The van der Waals surface area contributed by atoms with Crippen LogP contribution >= 0.6 is 11.6 Å². The van der Waals surface area contributed by atoms with Crippen LogP contribution in [-0.4, -0.2) is 22.0 Å². The molecule has 2 aromatic carbocycles. The van der Waals surface area contributed by atoms with Gasteiger partial charge in [0.1, 0.15) is 0 Å². The van der Waals surface area contributed by atoms with E-state index >= 15 is 0 Å². The Balaban J connectivity index is 1.73. The fraction of sp³-hybridized carbons (Fsp3) is 0.259. The molecule has 5 nitrogen and oxygen atoms in total. The van der Waals surface area contributed by atoms with Crippen molar-refractivity contribution >= 4 is 28.4 Å². The fourth-order valence-electron chi connectivity index (χ4n) is 4.37. The van der Waals surface area contributed by atoms with Crippen LogP contribution in [0, 0.1) is 25.5 Å². The summed E-state index contributed by atoms with van der Waals surface area (Å²) in [6, 6.07) is 9.03. The van der Waals surface area contributed by atoms with Gasteiger partial charge in [0.15, 0.2) is 11.6 Å². The number of benzene rings is 2.